The molecule has 0 spiro atoms. The number of aromatic nitrogens is 6. The number of hydrogen-bond acceptors (Lipinski definition) is 6. The molecule has 0 aromatic carbocycles. The summed E-state index contributed by atoms with van der Waals surface area (Å²) in [5.41, 5.74) is 2.14. The van der Waals surface area contributed by atoms with E-state index in [2.05, 4.69) is 36.5 Å². The second-order valence-electron chi connectivity index (χ2n) is 7.47. The van der Waals surface area contributed by atoms with Gasteiger partial charge in [0.25, 0.3) is 0 Å². The average molecular weight is 375 g/mol. The van der Waals surface area contributed by atoms with Gasteiger partial charge in [0.05, 0.1) is 11.8 Å². The zero-order chi connectivity index (χ0) is 18.9. The van der Waals surface area contributed by atoms with Gasteiger partial charge in [-0.05, 0) is 31.8 Å². The number of nitrogens with zero attached hydrogens (tertiary/aromatic N) is 5. The van der Waals surface area contributed by atoms with Crippen molar-refractivity contribution in [3.8, 4) is 17.1 Å². The van der Waals surface area contributed by atoms with E-state index in [4.69, 9.17) is 0 Å². The van der Waals surface area contributed by atoms with Gasteiger partial charge in [0.2, 0.25) is 0 Å². The van der Waals surface area contributed by atoms with Crippen LogP contribution in [0.3, 0.4) is 0 Å². The number of nitrogens with one attached hydrogen (secondary N) is 2. The van der Waals surface area contributed by atoms with Gasteiger partial charge in [-0.15, -0.1) is 10.2 Å². The molecule has 0 radical (unpaired) electrons. The van der Waals surface area contributed by atoms with Crippen molar-refractivity contribution in [1.29, 1.82) is 0 Å². The van der Waals surface area contributed by atoms with Crippen LogP contribution in [0, 0.1) is 0 Å². The van der Waals surface area contributed by atoms with E-state index in [-0.39, 0.29) is 5.43 Å². The first-order chi connectivity index (χ1) is 13.7. The van der Waals surface area contributed by atoms with Crippen molar-refractivity contribution >= 4 is 6.08 Å². The molecule has 8 nitrogen and oxygen atoms in total. The van der Waals surface area contributed by atoms with E-state index >= 15 is 0 Å². The number of hydrogen-bond donors (Lipinski definition) is 2. The normalized spacial score (nSPS) is 23.1. The lowest BCUT2D eigenvalue weighted by atomic mass is 9.84. The third kappa shape index (κ3) is 3.38. The van der Waals surface area contributed by atoms with Crippen LogP contribution in [-0.2, 0) is 0 Å². The second kappa shape index (κ2) is 7.12. The largest absolute Gasteiger partial charge is 0.347 e. The highest BCUT2D eigenvalue weighted by atomic mass is 16.1. The summed E-state index contributed by atoms with van der Waals surface area (Å²) in [6.45, 7) is 0. The van der Waals surface area contributed by atoms with Crippen LogP contribution in [0.4, 0.5) is 0 Å². The molecule has 3 aromatic heterocycles. The van der Waals surface area contributed by atoms with Gasteiger partial charge in [-0.3, -0.25) is 9.36 Å². The van der Waals surface area contributed by atoms with Gasteiger partial charge in [-0.1, -0.05) is 12.0 Å². The zero-order valence-corrected chi connectivity index (χ0v) is 15.4. The Bertz CT molecular complexity index is 1040. The Labute approximate surface area is 161 Å². The first-order valence-corrected chi connectivity index (χ1v) is 9.61. The number of aromatic amines is 1. The minimum absolute atomic E-state index is 0.143. The number of piperidine rings is 2. The molecule has 1 unspecified atom stereocenters. The van der Waals surface area contributed by atoms with E-state index < -0.39 is 0 Å². The molecule has 2 atom stereocenters. The summed E-state index contributed by atoms with van der Waals surface area (Å²) in [6.07, 6.45) is 16.3. The highest BCUT2D eigenvalue weighted by molar-refractivity contribution is 5.57. The Morgan fingerprint density at radius 2 is 2.04 bits per heavy atom. The molecule has 2 N–H and O–H groups in total. The predicted molar refractivity (Wildman–Crippen MR) is 105 cm³/mol. The van der Waals surface area contributed by atoms with Crippen LogP contribution in [0.5, 0.6) is 0 Å². The first kappa shape index (κ1) is 17.0. The lowest BCUT2D eigenvalue weighted by Gasteiger charge is -2.37. The lowest BCUT2D eigenvalue weighted by Crippen LogP contribution is -2.46. The minimum atomic E-state index is -0.143. The van der Waals surface area contributed by atoms with Crippen molar-refractivity contribution in [3.05, 3.63) is 58.8 Å². The summed E-state index contributed by atoms with van der Waals surface area (Å²) in [6, 6.07) is 2.68. The number of imidazole rings is 1. The Morgan fingerprint density at radius 1 is 1.18 bits per heavy atom. The predicted octanol–water partition coefficient (Wildman–Crippen LogP) is 2.10. The van der Waals surface area contributed by atoms with Crippen molar-refractivity contribution in [2.75, 3.05) is 0 Å². The van der Waals surface area contributed by atoms with E-state index in [0.717, 1.165) is 12.8 Å². The van der Waals surface area contributed by atoms with Gasteiger partial charge in [-0.25, -0.2) is 9.97 Å². The van der Waals surface area contributed by atoms with Crippen LogP contribution in [0.2, 0.25) is 0 Å². The highest BCUT2D eigenvalue weighted by Crippen LogP contribution is 2.29. The summed E-state index contributed by atoms with van der Waals surface area (Å²) in [7, 11) is 0. The van der Waals surface area contributed by atoms with Crippen molar-refractivity contribution < 1.29 is 0 Å². The minimum Gasteiger partial charge on any atom is -0.347 e. The molecular weight excluding hydrogens is 354 g/mol. The topological polar surface area (TPSA) is 101 Å². The molecule has 5 heterocycles. The van der Waals surface area contributed by atoms with Gasteiger partial charge < -0.3 is 10.3 Å². The van der Waals surface area contributed by atoms with E-state index in [9.17, 15) is 4.79 Å². The summed E-state index contributed by atoms with van der Waals surface area (Å²) in [5, 5.41) is 12.1. The van der Waals surface area contributed by atoms with Gasteiger partial charge in [0.1, 0.15) is 17.8 Å². The maximum absolute atomic E-state index is 12.5. The van der Waals surface area contributed by atoms with Crippen LogP contribution >= 0.6 is 0 Å². The van der Waals surface area contributed by atoms with Gasteiger partial charge >= 0.3 is 0 Å². The number of H-pyrrole nitrogens is 1. The standard InChI is InChI=1S/C20H21N7O/c28-18-9-20(27-5-4-21-12-27)23-10-16(18)17-11-22-19(26-25-17)8-13-6-14-2-1-3-15(7-13)24-14/h4-5,8-12,14-15,24H,1-3,6-7H2,(H,23,28)/t14-,15?/m0/s1. The summed E-state index contributed by atoms with van der Waals surface area (Å²) in [5.74, 6) is 1.25. The fourth-order valence-electron chi connectivity index (χ4n) is 4.13. The zero-order valence-electron chi connectivity index (χ0n) is 15.4. The van der Waals surface area contributed by atoms with Crippen LogP contribution in [0.1, 0.15) is 37.9 Å². The molecule has 2 aliphatic heterocycles. The lowest BCUT2D eigenvalue weighted by molar-refractivity contribution is 0.283. The molecule has 2 fully saturated rings. The first-order valence-electron chi connectivity index (χ1n) is 9.61. The molecule has 5 rings (SSSR count). The Balaban J connectivity index is 1.37. The number of pyridine rings is 1. The number of rotatable bonds is 3. The average Bonchev–Trinajstić information content (AvgIpc) is 3.23. The van der Waals surface area contributed by atoms with Crippen molar-refractivity contribution in [3.63, 3.8) is 0 Å². The molecule has 2 bridgehead atoms. The molecular formula is C20H21N7O. The summed E-state index contributed by atoms with van der Waals surface area (Å²) >= 11 is 0. The monoisotopic (exact) mass is 375 g/mol. The molecule has 142 valence electrons. The fourth-order valence-corrected chi connectivity index (χ4v) is 4.13. The fraction of sp³-hybridized carbons (Fsp3) is 0.350. The molecule has 0 amide bonds. The van der Waals surface area contributed by atoms with Crippen LogP contribution in [-0.4, -0.2) is 41.8 Å². The molecule has 2 aliphatic rings. The van der Waals surface area contributed by atoms with Gasteiger partial charge in [0, 0.05) is 36.7 Å². The van der Waals surface area contributed by atoms with E-state index in [1.165, 1.54) is 30.9 Å². The quantitative estimate of drug-likeness (QED) is 0.727. The Hall–Kier alpha value is -3.13. The molecule has 8 heteroatoms. The van der Waals surface area contributed by atoms with E-state index in [1.54, 1.807) is 35.7 Å². The summed E-state index contributed by atoms with van der Waals surface area (Å²) in [4.78, 5) is 24.0. The highest BCUT2D eigenvalue weighted by Gasteiger charge is 2.27. The molecule has 0 saturated carbocycles. The van der Waals surface area contributed by atoms with Crippen LogP contribution in [0.25, 0.3) is 23.2 Å². The van der Waals surface area contributed by atoms with Gasteiger partial charge in [0.15, 0.2) is 11.3 Å². The third-order valence-corrected chi connectivity index (χ3v) is 5.46. The third-order valence-electron chi connectivity index (χ3n) is 5.46. The molecule has 2 saturated heterocycles. The molecule has 0 aliphatic carbocycles. The van der Waals surface area contributed by atoms with E-state index in [0.29, 0.717) is 35.0 Å². The Morgan fingerprint density at radius 3 is 2.71 bits per heavy atom. The van der Waals surface area contributed by atoms with E-state index in [1.807, 2.05) is 0 Å². The SMILES string of the molecule is O=c1cc(-n2ccnc2)[nH]cc1-c1cnc(C=C2CC3CCC[C@@H](C2)N3)nn1. The van der Waals surface area contributed by atoms with Crippen molar-refractivity contribution in [2.45, 2.75) is 44.2 Å². The van der Waals surface area contributed by atoms with Crippen LogP contribution in [0.15, 0.2) is 47.5 Å². The molecule has 3 aromatic rings. The Kier molecular flexibility index (Phi) is 4.32. The van der Waals surface area contributed by atoms with Crippen LogP contribution < -0.4 is 10.7 Å². The smallest absolute Gasteiger partial charge is 0.193 e. The summed E-state index contributed by atoms with van der Waals surface area (Å²) < 4.78 is 1.73. The van der Waals surface area contributed by atoms with Crippen molar-refractivity contribution in [1.82, 2.24) is 35.0 Å². The molecule has 28 heavy (non-hydrogen) atoms. The second-order valence-corrected chi connectivity index (χ2v) is 7.47. The number of fused-ring (bicyclic) bond motifs is 2. The van der Waals surface area contributed by atoms with Gasteiger partial charge in [-0.2, -0.15) is 0 Å². The van der Waals surface area contributed by atoms with Crippen molar-refractivity contribution in [2.24, 2.45) is 0 Å². The maximum atomic E-state index is 12.5. The maximum Gasteiger partial charge on any atom is 0.193 e.